The molecule has 248 valence electrons. The van der Waals surface area contributed by atoms with Gasteiger partial charge in [-0.3, -0.25) is 19.3 Å². The van der Waals surface area contributed by atoms with Crippen LogP contribution in [-0.4, -0.2) is 47.1 Å². The Morgan fingerprint density at radius 1 is 0.735 bits per heavy atom. The summed E-state index contributed by atoms with van der Waals surface area (Å²) in [4.78, 5) is 68.8. The van der Waals surface area contributed by atoms with E-state index in [2.05, 4.69) is 0 Å². The van der Waals surface area contributed by atoms with Gasteiger partial charge in [0.25, 0.3) is 0 Å². The predicted molar refractivity (Wildman–Crippen MR) is 182 cm³/mol. The monoisotopic (exact) mass is 695 g/mol. The maximum absolute atomic E-state index is 14.2. The number of halogens is 2. The molecule has 0 saturated carbocycles. The van der Waals surface area contributed by atoms with Crippen LogP contribution < -0.4 is 4.74 Å². The average Bonchev–Trinajstić information content (AvgIpc) is 3.38. The number of ether oxygens (including phenoxy) is 2. The molecule has 4 aliphatic rings. The molecule has 2 bridgehead atoms. The van der Waals surface area contributed by atoms with Gasteiger partial charge in [0.05, 0.1) is 27.4 Å². The van der Waals surface area contributed by atoms with Crippen LogP contribution in [0.1, 0.15) is 81.0 Å². The van der Waals surface area contributed by atoms with Gasteiger partial charge in [-0.2, -0.15) is 0 Å². The molecule has 10 heteroatoms. The second kappa shape index (κ2) is 13.3. The van der Waals surface area contributed by atoms with Crippen molar-refractivity contribution in [2.75, 3.05) is 6.61 Å². The van der Waals surface area contributed by atoms with E-state index in [0.717, 1.165) is 33.6 Å². The summed E-state index contributed by atoms with van der Waals surface area (Å²) in [6, 6.07) is 24.9. The Morgan fingerprint density at radius 2 is 1.27 bits per heavy atom. The summed E-state index contributed by atoms with van der Waals surface area (Å²) in [6.45, 7) is 1.37. The minimum atomic E-state index is -1.15. The number of esters is 2. The van der Waals surface area contributed by atoms with Gasteiger partial charge in [0.2, 0.25) is 11.8 Å². The molecular formula is C39H31Cl2NO7. The third-order valence-electron chi connectivity index (χ3n) is 9.79. The summed E-state index contributed by atoms with van der Waals surface area (Å²) in [5.41, 5.74) is 4.61. The molecule has 1 saturated heterocycles. The van der Waals surface area contributed by atoms with E-state index in [4.69, 9.17) is 32.7 Å². The number of rotatable bonds is 10. The van der Waals surface area contributed by atoms with Crippen LogP contribution in [0, 0.1) is 11.8 Å². The van der Waals surface area contributed by atoms with E-state index < -0.39 is 42.2 Å². The van der Waals surface area contributed by atoms with Gasteiger partial charge < -0.3 is 9.47 Å². The lowest BCUT2D eigenvalue weighted by atomic mass is 9.55. The van der Waals surface area contributed by atoms with Gasteiger partial charge in [0, 0.05) is 17.4 Å². The smallest absolute Gasteiger partial charge is 0.343 e. The number of imide groups is 1. The molecule has 1 fully saturated rings. The molecule has 4 aromatic rings. The highest BCUT2D eigenvalue weighted by molar-refractivity contribution is 6.42. The molecule has 0 spiro atoms. The highest BCUT2D eigenvalue weighted by Crippen LogP contribution is 2.61. The van der Waals surface area contributed by atoms with Gasteiger partial charge in [0.15, 0.2) is 12.4 Å². The van der Waals surface area contributed by atoms with Crippen LogP contribution in [0.4, 0.5) is 0 Å². The lowest BCUT2D eigenvalue weighted by molar-refractivity contribution is -0.158. The summed E-state index contributed by atoms with van der Waals surface area (Å²) in [6.07, 6.45) is 1.54. The summed E-state index contributed by atoms with van der Waals surface area (Å²) in [5, 5.41) is 0.516. The zero-order valence-electron chi connectivity index (χ0n) is 26.4. The van der Waals surface area contributed by atoms with E-state index in [9.17, 15) is 24.0 Å². The molecule has 2 amide bonds. The van der Waals surface area contributed by atoms with E-state index in [1.807, 2.05) is 55.5 Å². The Morgan fingerprint density at radius 3 is 1.78 bits per heavy atom. The Labute approximate surface area is 292 Å². The van der Waals surface area contributed by atoms with Crippen LogP contribution in [0.2, 0.25) is 10.0 Å². The molecule has 4 aromatic carbocycles. The lowest BCUT2D eigenvalue weighted by Crippen LogP contribution is -2.46. The molecule has 0 N–H and O–H groups in total. The molecule has 3 atom stereocenters. The summed E-state index contributed by atoms with van der Waals surface area (Å²) in [7, 11) is 0. The highest BCUT2D eigenvalue weighted by Gasteiger charge is 2.63. The van der Waals surface area contributed by atoms with Crippen molar-refractivity contribution in [2.45, 2.75) is 44.1 Å². The number of unbranched alkanes of at least 4 members (excludes halogenated alkanes) is 1. The number of nitrogens with zero attached hydrogens (tertiary/aromatic N) is 1. The fraction of sp³-hybridized carbons (Fsp3) is 0.256. The predicted octanol–water partition coefficient (Wildman–Crippen LogP) is 7.39. The molecule has 1 heterocycles. The van der Waals surface area contributed by atoms with Gasteiger partial charge in [-0.25, -0.2) is 9.59 Å². The third-order valence-corrected chi connectivity index (χ3v) is 10.5. The van der Waals surface area contributed by atoms with Crippen molar-refractivity contribution in [3.63, 3.8) is 0 Å². The van der Waals surface area contributed by atoms with Crippen LogP contribution in [0.25, 0.3) is 0 Å². The number of ketones is 1. The quantitative estimate of drug-likeness (QED) is 0.0737. The van der Waals surface area contributed by atoms with Crippen LogP contribution in [0.15, 0.2) is 91.0 Å². The number of Topliss-reactive ketones (excluding diaryl/α,β-unsaturated/α-hetero) is 1. The Balaban J connectivity index is 1.06. The number of hydrogen-bond donors (Lipinski definition) is 0. The van der Waals surface area contributed by atoms with E-state index in [1.54, 1.807) is 0 Å². The van der Waals surface area contributed by atoms with Crippen LogP contribution in [-0.2, 0) is 19.1 Å². The number of likely N-dealkylation sites (tertiary alicyclic amines) is 1. The molecule has 0 aromatic heterocycles. The van der Waals surface area contributed by atoms with Gasteiger partial charge >= 0.3 is 11.9 Å². The largest absolute Gasteiger partial charge is 0.456 e. The van der Waals surface area contributed by atoms with Gasteiger partial charge in [-0.1, -0.05) is 91.5 Å². The molecule has 49 heavy (non-hydrogen) atoms. The summed E-state index contributed by atoms with van der Waals surface area (Å²) in [5.74, 6) is -4.33. The molecule has 3 aliphatic carbocycles. The topological polar surface area (TPSA) is 107 Å². The first kappa shape index (κ1) is 32.7. The summed E-state index contributed by atoms with van der Waals surface area (Å²) < 4.78 is 10.9. The molecular weight excluding hydrogens is 665 g/mol. The molecule has 1 aliphatic heterocycles. The van der Waals surface area contributed by atoms with Gasteiger partial charge in [-0.15, -0.1) is 0 Å². The Hall–Kier alpha value is -4.79. The standard InChI is InChI=1S/C39H31Cl2NO7/c1-2-3-12-30(39(47)48-20-31(43)21-13-16-23(17-14-21)49-38(46)22-15-18-28(40)29(41)19-22)42-36(44)34-32-24-8-4-5-9-25(24)33(35(34)37(42)45)27-11-7-6-10-26(27)32/h4-11,13-19,30,32-35H,2-3,12,20H2,1H3. The van der Waals surface area contributed by atoms with Crippen LogP contribution in [0.5, 0.6) is 5.75 Å². The van der Waals surface area contributed by atoms with Crippen LogP contribution in [0.3, 0.4) is 0 Å². The van der Waals surface area contributed by atoms with E-state index in [0.29, 0.717) is 11.4 Å². The zero-order chi connectivity index (χ0) is 34.4. The molecule has 8 rings (SSSR count). The number of carbonyl (C=O) groups excluding carboxylic acids is 5. The highest BCUT2D eigenvalue weighted by atomic mass is 35.5. The van der Waals surface area contributed by atoms with E-state index >= 15 is 0 Å². The van der Waals surface area contributed by atoms with Crippen molar-refractivity contribution in [3.8, 4) is 5.75 Å². The maximum atomic E-state index is 14.2. The number of hydrogen-bond acceptors (Lipinski definition) is 7. The van der Waals surface area contributed by atoms with E-state index in [-0.39, 0.29) is 52.0 Å². The third kappa shape index (κ3) is 5.73. The second-order valence-electron chi connectivity index (χ2n) is 12.5. The average molecular weight is 697 g/mol. The summed E-state index contributed by atoms with van der Waals surface area (Å²) >= 11 is 11.9. The molecule has 3 unspecified atom stereocenters. The molecule has 0 radical (unpaired) electrons. The van der Waals surface area contributed by atoms with Crippen molar-refractivity contribution in [3.05, 3.63) is 134 Å². The fourth-order valence-electron chi connectivity index (χ4n) is 7.57. The van der Waals surface area contributed by atoms with Gasteiger partial charge in [0.1, 0.15) is 11.8 Å². The number of benzene rings is 4. The zero-order valence-corrected chi connectivity index (χ0v) is 27.9. The van der Waals surface area contributed by atoms with Gasteiger partial charge in [-0.05, 0) is 71.1 Å². The first-order chi connectivity index (χ1) is 23.7. The lowest BCUT2D eigenvalue weighted by Gasteiger charge is -2.45. The SMILES string of the molecule is CCCCC(C(=O)OCC(=O)c1ccc(OC(=O)c2ccc(Cl)c(Cl)c2)cc1)N1C(=O)C2C3c4ccccc4C(c4ccccc43)C2C1=O. The normalized spacial score (nSPS) is 20.7. The molecule has 8 nitrogen and oxygen atoms in total. The minimum absolute atomic E-state index is 0.190. The fourth-order valence-corrected chi connectivity index (χ4v) is 7.87. The second-order valence-corrected chi connectivity index (χ2v) is 13.4. The van der Waals surface area contributed by atoms with Crippen LogP contribution >= 0.6 is 23.2 Å². The Kier molecular flexibility index (Phi) is 8.86. The van der Waals surface area contributed by atoms with Crippen molar-refractivity contribution in [1.82, 2.24) is 4.90 Å². The number of carbonyl (C=O) groups is 5. The van der Waals surface area contributed by atoms with Crippen molar-refractivity contribution >= 4 is 52.7 Å². The number of amides is 2. The first-order valence-corrected chi connectivity index (χ1v) is 17.0. The first-order valence-electron chi connectivity index (χ1n) is 16.2. The van der Waals surface area contributed by atoms with Crippen molar-refractivity contribution in [2.24, 2.45) is 11.8 Å². The maximum Gasteiger partial charge on any atom is 0.343 e. The van der Waals surface area contributed by atoms with E-state index in [1.165, 1.54) is 42.5 Å². The minimum Gasteiger partial charge on any atom is -0.456 e. The van der Waals surface area contributed by atoms with Crippen molar-refractivity contribution in [1.29, 1.82) is 0 Å². The Bertz CT molecular complexity index is 1890. The van der Waals surface area contributed by atoms with Crippen molar-refractivity contribution < 1.29 is 33.4 Å².